The largest absolute Gasteiger partial charge is 0.294 e. The summed E-state index contributed by atoms with van der Waals surface area (Å²) in [6.45, 7) is 0. The summed E-state index contributed by atoms with van der Waals surface area (Å²) in [4.78, 5) is 56.2. The molecular weight excluding hydrogens is 607 g/mol. The summed E-state index contributed by atoms with van der Waals surface area (Å²) in [5, 5.41) is -2.11. The molecule has 0 heterocycles. The van der Waals surface area contributed by atoms with Gasteiger partial charge in [0.1, 0.15) is 11.6 Å². The van der Waals surface area contributed by atoms with Crippen molar-refractivity contribution in [3.8, 4) is 0 Å². The third kappa shape index (κ3) is 8.75. The van der Waals surface area contributed by atoms with E-state index in [0.29, 0.717) is 11.1 Å². The fourth-order valence-corrected chi connectivity index (χ4v) is 6.56. The number of ketones is 4. The first-order valence-electron chi connectivity index (χ1n) is 13.3. The fraction of sp³-hybridized carbons (Fsp3) is 0.176. The molecule has 4 nitrogen and oxygen atoms in total. The summed E-state index contributed by atoms with van der Waals surface area (Å²) in [5.74, 6) is -2.60. The second-order valence-corrected chi connectivity index (χ2v) is 12.7. The molecule has 0 aromatic heterocycles. The van der Waals surface area contributed by atoms with Gasteiger partial charge in [-0.3, -0.25) is 19.2 Å². The Hall–Kier alpha value is -3.53. The normalized spacial score (nSPS) is 12.4. The van der Waals surface area contributed by atoms with E-state index in [1.54, 1.807) is 24.3 Å². The number of hydrogen-bond donors (Lipinski definition) is 0. The number of benzene rings is 4. The molecule has 2 atom stereocenters. The van der Waals surface area contributed by atoms with Gasteiger partial charge in [0.15, 0.2) is 23.1 Å². The van der Waals surface area contributed by atoms with Crippen molar-refractivity contribution < 1.29 is 28.0 Å². The summed E-state index contributed by atoms with van der Waals surface area (Å²) in [6.07, 6.45) is 3.34. The molecule has 0 aliphatic carbocycles. The Morgan fingerprint density at radius 3 is 1.12 bits per heavy atom. The van der Waals surface area contributed by atoms with E-state index < -0.39 is 33.7 Å². The van der Waals surface area contributed by atoms with Crippen LogP contribution in [0.4, 0.5) is 8.78 Å². The lowest BCUT2D eigenvalue weighted by molar-refractivity contribution is 0.0914. The van der Waals surface area contributed by atoms with Crippen molar-refractivity contribution in [2.24, 2.45) is 0 Å². The highest BCUT2D eigenvalue weighted by molar-refractivity contribution is 8.02. The molecule has 0 radical (unpaired) electrons. The highest BCUT2D eigenvalue weighted by Crippen LogP contribution is 2.32. The molecule has 0 amide bonds. The molecule has 220 valence electrons. The van der Waals surface area contributed by atoms with Gasteiger partial charge in [-0.15, -0.1) is 35.3 Å². The highest BCUT2D eigenvalue weighted by Gasteiger charge is 2.33. The summed E-state index contributed by atoms with van der Waals surface area (Å²) in [7, 11) is 0. The molecule has 0 aliphatic rings. The quantitative estimate of drug-likeness (QED) is 0.102. The van der Waals surface area contributed by atoms with Gasteiger partial charge in [0, 0.05) is 44.9 Å². The van der Waals surface area contributed by atoms with Gasteiger partial charge in [-0.05, 0) is 85.3 Å². The summed E-state index contributed by atoms with van der Waals surface area (Å²) >= 11 is 3.99. The van der Waals surface area contributed by atoms with Crippen LogP contribution in [0.5, 0.6) is 0 Å². The monoisotopic (exact) mass is 634 g/mol. The molecule has 2 unspecified atom stereocenters. The average molecular weight is 635 g/mol. The topological polar surface area (TPSA) is 68.3 Å². The van der Waals surface area contributed by atoms with Gasteiger partial charge in [-0.2, -0.15) is 0 Å². The van der Waals surface area contributed by atoms with Crippen molar-refractivity contribution in [1.82, 2.24) is 0 Å². The smallest absolute Gasteiger partial charge is 0.176 e. The minimum absolute atomic E-state index is 0.177. The maximum absolute atomic E-state index is 13.7. The lowest BCUT2D eigenvalue weighted by atomic mass is 10.0. The van der Waals surface area contributed by atoms with Crippen LogP contribution in [-0.2, 0) is 0 Å². The summed E-state index contributed by atoms with van der Waals surface area (Å²) < 4.78 is 27.3. The maximum atomic E-state index is 13.7. The van der Waals surface area contributed by atoms with E-state index in [2.05, 4.69) is 0 Å². The molecule has 0 saturated carbocycles. The summed E-state index contributed by atoms with van der Waals surface area (Å²) in [5.41, 5.74) is 1.16. The summed E-state index contributed by atoms with van der Waals surface area (Å²) in [6, 6.07) is 23.9. The van der Waals surface area contributed by atoms with E-state index in [1.165, 1.54) is 47.8 Å². The van der Waals surface area contributed by atoms with Crippen molar-refractivity contribution in [3.63, 3.8) is 0 Å². The van der Waals surface area contributed by atoms with Crippen molar-refractivity contribution in [3.05, 3.63) is 131 Å². The Bertz CT molecular complexity index is 1470. The Kier molecular flexibility index (Phi) is 11.5. The molecule has 0 N–H and O–H groups in total. The predicted molar refractivity (Wildman–Crippen MR) is 171 cm³/mol. The number of carbonyl (C=O) groups excluding carboxylic acids is 4. The second-order valence-electron chi connectivity index (χ2n) is 9.57. The van der Waals surface area contributed by atoms with Crippen LogP contribution in [0.15, 0.2) is 107 Å². The molecule has 4 aromatic carbocycles. The first-order valence-corrected chi connectivity index (χ1v) is 16.7. The van der Waals surface area contributed by atoms with E-state index in [4.69, 9.17) is 0 Å². The molecule has 0 spiro atoms. The van der Waals surface area contributed by atoms with Crippen LogP contribution in [-0.4, -0.2) is 46.1 Å². The number of halogens is 2. The molecule has 4 rings (SSSR count). The SMILES string of the molecule is CSc1ccc(C(=O)CC(SC(CC(=O)c2ccc(SC)cc2)C(=O)c2ccc(F)cc2)C(=O)c2ccc(F)cc2)cc1. The Morgan fingerprint density at radius 2 is 0.814 bits per heavy atom. The number of rotatable bonds is 14. The maximum Gasteiger partial charge on any atom is 0.176 e. The zero-order chi connectivity index (χ0) is 30.9. The fourth-order valence-electron chi connectivity index (χ4n) is 4.33. The van der Waals surface area contributed by atoms with Gasteiger partial charge in [-0.25, -0.2) is 8.78 Å². The lowest BCUT2D eigenvalue weighted by Gasteiger charge is -2.22. The molecule has 9 heteroatoms. The van der Waals surface area contributed by atoms with Gasteiger partial charge < -0.3 is 0 Å². The first kappa shape index (κ1) is 32.4. The van der Waals surface area contributed by atoms with Crippen molar-refractivity contribution >= 4 is 58.4 Å². The molecular formula is C34H28F2O4S3. The van der Waals surface area contributed by atoms with Gasteiger partial charge >= 0.3 is 0 Å². The molecule has 0 fully saturated rings. The molecule has 0 aliphatic heterocycles. The van der Waals surface area contributed by atoms with E-state index in [-0.39, 0.29) is 35.5 Å². The van der Waals surface area contributed by atoms with Gasteiger partial charge in [0.2, 0.25) is 0 Å². The third-order valence-corrected chi connectivity index (χ3v) is 9.64. The Morgan fingerprint density at radius 1 is 0.512 bits per heavy atom. The minimum atomic E-state index is -1.06. The number of hydrogen-bond acceptors (Lipinski definition) is 7. The predicted octanol–water partition coefficient (Wildman–Crippen LogP) is 8.49. The number of carbonyl (C=O) groups is 4. The van der Waals surface area contributed by atoms with Gasteiger partial charge in [0.05, 0.1) is 10.5 Å². The number of thioether (sulfide) groups is 3. The zero-order valence-electron chi connectivity index (χ0n) is 23.4. The molecule has 4 aromatic rings. The van der Waals surface area contributed by atoms with E-state index in [9.17, 15) is 28.0 Å². The van der Waals surface area contributed by atoms with Crippen LogP contribution in [0.2, 0.25) is 0 Å². The zero-order valence-corrected chi connectivity index (χ0v) is 25.9. The Labute approximate surface area is 262 Å². The van der Waals surface area contributed by atoms with Crippen molar-refractivity contribution in [1.29, 1.82) is 0 Å². The van der Waals surface area contributed by atoms with Gasteiger partial charge in [-0.1, -0.05) is 24.3 Å². The first-order chi connectivity index (χ1) is 20.7. The van der Waals surface area contributed by atoms with E-state index >= 15 is 0 Å². The van der Waals surface area contributed by atoms with Crippen LogP contribution in [0.3, 0.4) is 0 Å². The van der Waals surface area contributed by atoms with Crippen LogP contribution in [0.1, 0.15) is 54.3 Å². The molecule has 0 bridgehead atoms. The second kappa shape index (κ2) is 15.3. The van der Waals surface area contributed by atoms with Crippen molar-refractivity contribution in [2.45, 2.75) is 33.1 Å². The van der Waals surface area contributed by atoms with Crippen LogP contribution in [0, 0.1) is 11.6 Å². The van der Waals surface area contributed by atoms with Crippen LogP contribution in [0.25, 0.3) is 0 Å². The van der Waals surface area contributed by atoms with Crippen molar-refractivity contribution in [2.75, 3.05) is 12.5 Å². The third-order valence-electron chi connectivity index (χ3n) is 6.74. The van der Waals surface area contributed by atoms with Crippen LogP contribution >= 0.6 is 35.3 Å². The van der Waals surface area contributed by atoms with Gasteiger partial charge in [0.25, 0.3) is 0 Å². The highest BCUT2D eigenvalue weighted by atomic mass is 32.2. The molecule has 0 saturated heterocycles. The van der Waals surface area contributed by atoms with E-state index in [0.717, 1.165) is 45.8 Å². The van der Waals surface area contributed by atoms with E-state index in [1.807, 2.05) is 36.8 Å². The standard InChI is InChI=1S/C34H28F2O4S3/c1-41-27-15-7-21(8-16-27)29(37)19-31(33(39)23-3-11-25(35)12-4-23)43-32(34(40)24-5-13-26(36)14-6-24)20-30(38)22-9-17-28(42-2)18-10-22/h3-18,31-32H,19-20H2,1-2H3. The lowest BCUT2D eigenvalue weighted by Crippen LogP contribution is -2.29. The Balaban J connectivity index is 1.68. The number of Topliss-reactive ketones (excluding diaryl/α,β-unsaturated/α-hetero) is 4. The van der Waals surface area contributed by atoms with Crippen LogP contribution < -0.4 is 0 Å². The average Bonchev–Trinajstić information content (AvgIpc) is 3.04. The minimum Gasteiger partial charge on any atom is -0.294 e. The molecule has 43 heavy (non-hydrogen) atoms.